The lowest BCUT2D eigenvalue weighted by Crippen LogP contribution is -1.91. The Labute approximate surface area is 81.5 Å². The fourth-order valence-corrected chi connectivity index (χ4v) is 1.26. The van der Waals surface area contributed by atoms with Crippen LogP contribution in [0.3, 0.4) is 0 Å². The number of halogens is 1. The van der Waals surface area contributed by atoms with Gasteiger partial charge in [-0.15, -0.1) is 0 Å². The first-order valence-electron chi connectivity index (χ1n) is 4.31. The second kappa shape index (κ2) is 3.54. The average Bonchev–Trinajstić information content (AvgIpc) is 2.19. The highest BCUT2D eigenvalue weighted by Gasteiger charge is 2.05. The molecule has 70 valence electrons. The Morgan fingerprint density at radius 3 is 2.71 bits per heavy atom. The molecule has 0 amide bonds. The molecular formula is C11H9FN2. The smallest absolute Gasteiger partial charge is 0.221 e. The Kier molecular flexibility index (Phi) is 2.23. The number of aryl methyl sites for hydroxylation is 1. The maximum Gasteiger partial charge on any atom is 0.221 e. The molecule has 0 atom stereocenters. The summed E-state index contributed by atoms with van der Waals surface area (Å²) >= 11 is 0. The van der Waals surface area contributed by atoms with Crippen molar-refractivity contribution in [1.29, 1.82) is 0 Å². The van der Waals surface area contributed by atoms with Gasteiger partial charge in [0.1, 0.15) is 0 Å². The SMILES string of the molecule is Cc1ccc(-c2cccnc2)c(F)n1. The maximum absolute atomic E-state index is 13.4. The summed E-state index contributed by atoms with van der Waals surface area (Å²) in [6.07, 6.45) is 3.28. The van der Waals surface area contributed by atoms with E-state index in [9.17, 15) is 4.39 Å². The van der Waals surface area contributed by atoms with Crippen LogP contribution in [-0.4, -0.2) is 9.97 Å². The van der Waals surface area contributed by atoms with Crippen molar-refractivity contribution in [3.05, 3.63) is 48.3 Å². The fourth-order valence-electron chi connectivity index (χ4n) is 1.26. The van der Waals surface area contributed by atoms with Gasteiger partial charge in [-0.1, -0.05) is 6.07 Å². The molecule has 0 spiro atoms. The lowest BCUT2D eigenvalue weighted by molar-refractivity contribution is 0.584. The molecule has 0 fully saturated rings. The quantitative estimate of drug-likeness (QED) is 0.643. The van der Waals surface area contributed by atoms with Gasteiger partial charge in [-0.3, -0.25) is 4.98 Å². The summed E-state index contributed by atoms with van der Waals surface area (Å²) in [5, 5.41) is 0. The van der Waals surface area contributed by atoms with E-state index in [1.54, 1.807) is 37.5 Å². The first-order chi connectivity index (χ1) is 6.77. The predicted octanol–water partition coefficient (Wildman–Crippen LogP) is 2.59. The minimum absolute atomic E-state index is 0.446. The van der Waals surface area contributed by atoms with Crippen LogP contribution in [0.4, 0.5) is 4.39 Å². The molecule has 0 radical (unpaired) electrons. The Morgan fingerprint density at radius 1 is 1.21 bits per heavy atom. The second-order valence-corrected chi connectivity index (χ2v) is 3.03. The van der Waals surface area contributed by atoms with Gasteiger partial charge in [0.2, 0.25) is 5.95 Å². The summed E-state index contributed by atoms with van der Waals surface area (Å²) in [7, 11) is 0. The first-order valence-corrected chi connectivity index (χ1v) is 4.31. The molecule has 0 saturated heterocycles. The third-order valence-corrected chi connectivity index (χ3v) is 1.96. The van der Waals surface area contributed by atoms with Crippen LogP contribution in [0.15, 0.2) is 36.7 Å². The number of rotatable bonds is 1. The first kappa shape index (κ1) is 8.81. The van der Waals surface area contributed by atoms with Gasteiger partial charge in [0, 0.05) is 29.2 Å². The van der Waals surface area contributed by atoms with Gasteiger partial charge in [0.25, 0.3) is 0 Å². The van der Waals surface area contributed by atoms with Gasteiger partial charge in [-0.05, 0) is 25.1 Å². The molecule has 0 aromatic carbocycles. The highest BCUT2D eigenvalue weighted by Crippen LogP contribution is 2.20. The van der Waals surface area contributed by atoms with Gasteiger partial charge >= 0.3 is 0 Å². The van der Waals surface area contributed by atoms with E-state index in [4.69, 9.17) is 0 Å². The third-order valence-electron chi connectivity index (χ3n) is 1.96. The number of nitrogens with zero attached hydrogens (tertiary/aromatic N) is 2. The number of pyridine rings is 2. The van der Waals surface area contributed by atoms with Crippen molar-refractivity contribution in [3.63, 3.8) is 0 Å². The molecule has 0 aliphatic carbocycles. The van der Waals surface area contributed by atoms with Crippen LogP contribution in [0.1, 0.15) is 5.69 Å². The normalized spacial score (nSPS) is 10.1. The van der Waals surface area contributed by atoms with Gasteiger partial charge in [-0.2, -0.15) is 4.39 Å². The highest BCUT2D eigenvalue weighted by atomic mass is 19.1. The molecule has 0 unspecified atom stereocenters. The van der Waals surface area contributed by atoms with E-state index in [0.29, 0.717) is 11.3 Å². The molecule has 0 aliphatic heterocycles. The average molecular weight is 188 g/mol. The Hall–Kier alpha value is -1.77. The fraction of sp³-hybridized carbons (Fsp3) is 0.0909. The van der Waals surface area contributed by atoms with Crippen LogP contribution < -0.4 is 0 Å². The number of hydrogen-bond acceptors (Lipinski definition) is 2. The van der Waals surface area contributed by atoms with Crippen LogP contribution in [0.5, 0.6) is 0 Å². The van der Waals surface area contributed by atoms with E-state index >= 15 is 0 Å². The number of aromatic nitrogens is 2. The summed E-state index contributed by atoms with van der Waals surface area (Å²) in [5.74, 6) is -0.446. The summed E-state index contributed by atoms with van der Waals surface area (Å²) in [6, 6.07) is 7.08. The van der Waals surface area contributed by atoms with Gasteiger partial charge in [0.15, 0.2) is 0 Å². The monoisotopic (exact) mass is 188 g/mol. The summed E-state index contributed by atoms with van der Waals surface area (Å²) in [4.78, 5) is 7.69. The molecule has 0 bridgehead atoms. The topological polar surface area (TPSA) is 25.8 Å². The Bertz CT molecular complexity index is 440. The van der Waals surface area contributed by atoms with Gasteiger partial charge < -0.3 is 0 Å². The molecule has 2 heterocycles. The van der Waals surface area contributed by atoms with E-state index in [0.717, 1.165) is 5.56 Å². The minimum Gasteiger partial charge on any atom is -0.264 e. The summed E-state index contributed by atoms with van der Waals surface area (Å²) < 4.78 is 13.4. The van der Waals surface area contributed by atoms with Crippen molar-refractivity contribution < 1.29 is 4.39 Å². The van der Waals surface area contributed by atoms with E-state index in [2.05, 4.69) is 9.97 Å². The van der Waals surface area contributed by atoms with Crippen LogP contribution in [0.2, 0.25) is 0 Å². The van der Waals surface area contributed by atoms with Crippen molar-refractivity contribution in [2.75, 3.05) is 0 Å². The molecule has 2 rings (SSSR count). The van der Waals surface area contributed by atoms with Crippen LogP contribution in [0, 0.1) is 12.9 Å². The zero-order chi connectivity index (χ0) is 9.97. The standard InChI is InChI=1S/C11H9FN2/c1-8-4-5-10(11(12)14-8)9-3-2-6-13-7-9/h2-7H,1H3. The number of hydrogen-bond donors (Lipinski definition) is 0. The lowest BCUT2D eigenvalue weighted by Gasteiger charge is -2.02. The van der Waals surface area contributed by atoms with Crippen molar-refractivity contribution in [1.82, 2.24) is 9.97 Å². The summed E-state index contributed by atoms with van der Waals surface area (Å²) in [5.41, 5.74) is 1.91. The molecule has 0 saturated carbocycles. The molecule has 3 heteroatoms. The van der Waals surface area contributed by atoms with Gasteiger partial charge in [-0.25, -0.2) is 4.98 Å². The third kappa shape index (κ3) is 1.62. The summed E-state index contributed by atoms with van der Waals surface area (Å²) in [6.45, 7) is 1.76. The Balaban J connectivity index is 2.53. The lowest BCUT2D eigenvalue weighted by atomic mass is 10.1. The second-order valence-electron chi connectivity index (χ2n) is 3.03. The van der Waals surface area contributed by atoms with Crippen molar-refractivity contribution >= 4 is 0 Å². The van der Waals surface area contributed by atoms with E-state index in [-0.39, 0.29) is 0 Å². The molecule has 2 nitrogen and oxygen atoms in total. The van der Waals surface area contributed by atoms with Crippen molar-refractivity contribution in [3.8, 4) is 11.1 Å². The predicted molar refractivity (Wildman–Crippen MR) is 52.2 cm³/mol. The maximum atomic E-state index is 13.4. The Morgan fingerprint density at radius 2 is 2.07 bits per heavy atom. The zero-order valence-electron chi connectivity index (χ0n) is 7.74. The zero-order valence-corrected chi connectivity index (χ0v) is 7.74. The molecule has 0 aliphatic rings. The molecule has 2 aromatic heterocycles. The van der Waals surface area contributed by atoms with E-state index in [1.807, 2.05) is 6.07 Å². The van der Waals surface area contributed by atoms with E-state index < -0.39 is 5.95 Å². The molecule has 0 N–H and O–H groups in total. The largest absolute Gasteiger partial charge is 0.264 e. The molecular weight excluding hydrogens is 179 g/mol. The van der Waals surface area contributed by atoms with Crippen LogP contribution in [-0.2, 0) is 0 Å². The van der Waals surface area contributed by atoms with Crippen LogP contribution in [0.25, 0.3) is 11.1 Å². The molecule has 14 heavy (non-hydrogen) atoms. The minimum atomic E-state index is -0.446. The van der Waals surface area contributed by atoms with Crippen molar-refractivity contribution in [2.45, 2.75) is 6.92 Å². The van der Waals surface area contributed by atoms with Gasteiger partial charge in [0.05, 0.1) is 0 Å². The molecule has 2 aromatic rings. The van der Waals surface area contributed by atoms with Crippen molar-refractivity contribution in [2.24, 2.45) is 0 Å². The van der Waals surface area contributed by atoms with E-state index in [1.165, 1.54) is 0 Å². The van der Waals surface area contributed by atoms with Crippen LogP contribution >= 0.6 is 0 Å². The highest BCUT2D eigenvalue weighted by molar-refractivity contribution is 5.61.